The summed E-state index contributed by atoms with van der Waals surface area (Å²) >= 11 is 0. The molecule has 0 radical (unpaired) electrons. The first-order valence-corrected chi connectivity index (χ1v) is 6.59. The van der Waals surface area contributed by atoms with E-state index >= 15 is 0 Å². The van der Waals surface area contributed by atoms with Gasteiger partial charge in [-0.05, 0) is 19.3 Å². The molecular formula is C12H23NO7. The van der Waals surface area contributed by atoms with Crippen molar-refractivity contribution in [1.82, 2.24) is 0 Å². The van der Waals surface area contributed by atoms with Gasteiger partial charge in [-0.1, -0.05) is 0 Å². The minimum Gasteiger partial charge on any atom is -0.481 e. The molecule has 8 heteroatoms. The lowest BCUT2D eigenvalue weighted by atomic mass is 9.79. The number of carboxylic acid groups (broad SMARTS) is 1. The molecule has 0 aromatic heterocycles. The van der Waals surface area contributed by atoms with Crippen LogP contribution in [-0.2, 0) is 9.53 Å². The standard InChI is InChI=1S/C12H23NO7/c13-7(2-1-3-10(16)17)4-12(19)9(15)6-20-8(5-14)11(12)18/h7-9,11,14-15,18-19H,1-6,13H2,(H,16,17)/t7?,8-,9+,11+,12+/m1/s1. The lowest BCUT2D eigenvalue weighted by Gasteiger charge is -2.45. The highest BCUT2D eigenvalue weighted by Gasteiger charge is 2.50. The molecule has 1 rings (SSSR count). The molecule has 0 saturated carbocycles. The first kappa shape index (κ1) is 17.3. The molecule has 0 spiro atoms. The highest BCUT2D eigenvalue weighted by Crippen LogP contribution is 2.30. The molecule has 0 aromatic rings. The maximum absolute atomic E-state index is 10.4. The van der Waals surface area contributed by atoms with Crippen molar-refractivity contribution in [1.29, 1.82) is 0 Å². The van der Waals surface area contributed by atoms with E-state index in [1.807, 2.05) is 0 Å². The highest BCUT2D eigenvalue weighted by atomic mass is 16.5. The molecule has 1 saturated heterocycles. The van der Waals surface area contributed by atoms with Gasteiger partial charge in [-0.3, -0.25) is 4.79 Å². The maximum Gasteiger partial charge on any atom is 0.303 e. The quantitative estimate of drug-likeness (QED) is 0.309. The molecule has 0 aromatic carbocycles. The van der Waals surface area contributed by atoms with Crippen LogP contribution in [0.25, 0.3) is 0 Å². The van der Waals surface area contributed by atoms with Gasteiger partial charge in [0.2, 0.25) is 0 Å². The smallest absolute Gasteiger partial charge is 0.303 e. The van der Waals surface area contributed by atoms with E-state index < -0.39 is 42.5 Å². The van der Waals surface area contributed by atoms with Gasteiger partial charge in [0, 0.05) is 12.5 Å². The number of carbonyl (C=O) groups is 1. The van der Waals surface area contributed by atoms with Crippen molar-refractivity contribution in [2.45, 2.75) is 55.6 Å². The van der Waals surface area contributed by atoms with E-state index in [1.165, 1.54) is 0 Å². The van der Waals surface area contributed by atoms with E-state index in [1.54, 1.807) is 0 Å². The number of ether oxygens (including phenoxy) is 1. The van der Waals surface area contributed by atoms with Gasteiger partial charge in [0.1, 0.15) is 23.9 Å². The molecule has 1 aliphatic heterocycles. The number of nitrogens with two attached hydrogens (primary N) is 1. The van der Waals surface area contributed by atoms with E-state index in [9.17, 15) is 20.1 Å². The molecule has 7 N–H and O–H groups in total. The Bertz CT molecular complexity index is 327. The third kappa shape index (κ3) is 4.11. The van der Waals surface area contributed by atoms with E-state index in [0.29, 0.717) is 12.8 Å². The Hall–Kier alpha value is -0.770. The summed E-state index contributed by atoms with van der Waals surface area (Å²) in [6, 6.07) is -0.568. The zero-order valence-corrected chi connectivity index (χ0v) is 11.2. The van der Waals surface area contributed by atoms with Crippen LogP contribution in [0.4, 0.5) is 0 Å². The molecule has 1 heterocycles. The van der Waals surface area contributed by atoms with Crippen LogP contribution in [-0.4, -0.2) is 74.7 Å². The number of aliphatic hydroxyl groups is 4. The third-order valence-electron chi connectivity index (χ3n) is 3.64. The minimum absolute atomic E-state index is 0.0282. The van der Waals surface area contributed by atoms with Crippen LogP contribution < -0.4 is 5.73 Å². The summed E-state index contributed by atoms with van der Waals surface area (Å²) in [5.41, 5.74) is 3.94. The van der Waals surface area contributed by atoms with Crippen LogP contribution >= 0.6 is 0 Å². The molecule has 1 unspecified atom stereocenters. The van der Waals surface area contributed by atoms with Gasteiger partial charge >= 0.3 is 5.97 Å². The molecule has 118 valence electrons. The number of carboxylic acids is 1. The van der Waals surface area contributed by atoms with Crippen LogP contribution in [0.15, 0.2) is 0 Å². The number of hydrogen-bond donors (Lipinski definition) is 6. The molecule has 0 amide bonds. The second-order valence-electron chi connectivity index (χ2n) is 5.26. The van der Waals surface area contributed by atoms with E-state index in [4.69, 9.17) is 20.7 Å². The molecule has 8 nitrogen and oxygen atoms in total. The molecule has 0 bridgehead atoms. The van der Waals surface area contributed by atoms with Gasteiger partial charge in [-0.2, -0.15) is 0 Å². The minimum atomic E-state index is -1.87. The van der Waals surface area contributed by atoms with Gasteiger partial charge in [0.25, 0.3) is 0 Å². The molecule has 0 aliphatic carbocycles. The monoisotopic (exact) mass is 293 g/mol. The van der Waals surface area contributed by atoms with Crippen LogP contribution in [0.5, 0.6) is 0 Å². The predicted molar refractivity (Wildman–Crippen MR) is 67.9 cm³/mol. The SMILES string of the molecule is NC(CCCC(=O)O)C[C@]1(O)[C@@H](O)CO[C@H](CO)[C@@H]1O. The molecule has 20 heavy (non-hydrogen) atoms. The maximum atomic E-state index is 10.4. The number of aliphatic hydroxyl groups excluding tert-OH is 3. The number of aliphatic carboxylic acids is 1. The van der Waals surface area contributed by atoms with Crippen LogP contribution in [0, 0.1) is 0 Å². The van der Waals surface area contributed by atoms with E-state index in [0.717, 1.165) is 0 Å². The van der Waals surface area contributed by atoms with E-state index in [-0.39, 0.29) is 19.4 Å². The van der Waals surface area contributed by atoms with Crippen molar-refractivity contribution in [2.75, 3.05) is 13.2 Å². The lowest BCUT2D eigenvalue weighted by Crippen LogP contribution is -2.65. The highest BCUT2D eigenvalue weighted by molar-refractivity contribution is 5.66. The van der Waals surface area contributed by atoms with Crippen LogP contribution in [0.1, 0.15) is 25.7 Å². The van der Waals surface area contributed by atoms with Crippen molar-refractivity contribution in [3.63, 3.8) is 0 Å². The zero-order chi connectivity index (χ0) is 15.3. The first-order valence-electron chi connectivity index (χ1n) is 6.59. The summed E-state index contributed by atoms with van der Waals surface area (Å²) in [6.45, 7) is -0.689. The first-order chi connectivity index (χ1) is 9.31. The Morgan fingerprint density at radius 2 is 2.10 bits per heavy atom. The Balaban J connectivity index is 2.58. The topological polar surface area (TPSA) is 153 Å². The fraction of sp³-hybridized carbons (Fsp3) is 0.917. The summed E-state index contributed by atoms with van der Waals surface area (Å²) in [6.07, 6.45) is -3.19. The summed E-state index contributed by atoms with van der Waals surface area (Å²) in [7, 11) is 0. The average molecular weight is 293 g/mol. The average Bonchev–Trinajstić information content (AvgIpc) is 2.36. The van der Waals surface area contributed by atoms with Crippen LogP contribution in [0.2, 0.25) is 0 Å². The number of hydrogen-bond acceptors (Lipinski definition) is 7. The molecule has 1 fully saturated rings. The molecule has 5 atom stereocenters. The van der Waals surface area contributed by atoms with Gasteiger partial charge < -0.3 is 36.0 Å². The summed E-state index contributed by atoms with van der Waals surface area (Å²) in [5.74, 6) is -0.928. The number of rotatable bonds is 7. The van der Waals surface area contributed by atoms with Gasteiger partial charge in [-0.15, -0.1) is 0 Å². The van der Waals surface area contributed by atoms with Gasteiger partial charge in [0.15, 0.2) is 0 Å². The van der Waals surface area contributed by atoms with Crippen molar-refractivity contribution in [2.24, 2.45) is 5.73 Å². The van der Waals surface area contributed by atoms with E-state index in [2.05, 4.69) is 0 Å². The van der Waals surface area contributed by atoms with Crippen molar-refractivity contribution in [3.8, 4) is 0 Å². The Kier molecular flexibility index (Phi) is 6.31. The van der Waals surface area contributed by atoms with Crippen molar-refractivity contribution >= 4 is 5.97 Å². The second kappa shape index (κ2) is 7.30. The fourth-order valence-corrected chi connectivity index (χ4v) is 2.42. The Morgan fingerprint density at radius 3 is 2.65 bits per heavy atom. The summed E-state index contributed by atoms with van der Waals surface area (Å²) in [4.78, 5) is 10.4. The summed E-state index contributed by atoms with van der Waals surface area (Å²) < 4.78 is 5.01. The largest absolute Gasteiger partial charge is 0.481 e. The lowest BCUT2D eigenvalue weighted by molar-refractivity contribution is -0.250. The summed E-state index contributed by atoms with van der Waals surface area (Å²) in [5, 5.41) is 47.8. The zero-order valence-electron chi connectivity index (χ0n) is 11.2. The Labute approximate surface area is 116 Å². The van der Waals surface area contributed by atoms with Crippen LogP contribution in [0.3, 0.4) is 0 Å². The molecule has 1 aliphatic rings. The van der Waals surface area contributed by atoms with Crippen molar-refractivity contribution < 1.29 is 35.1 Å². The predicted octanol–water partition coefficient (Wildman–Crippen LogP) is -2.20. The molecular weight excluding hydrogens is 270 g/mol. The second-order valence-corrected chi connectivity index (χ2v) is 5.26. The van der Waals surface area contributed by atoms with Gasteiger partial charge in [0.05, 0.1) is 13.2 Å². The van der Waals surface area contributed by atoms with Gasteiger partial charge in [-0.25, -0.2) is 0 Å². The normalized spacial score (nSPS) is 35.8. The fourth-order valence-electron chi connectivity index (χ4n) is 2.42. The van der Waals surface area contributed by atoms with Crippen molar-refractivity contribution in [3.05, 3.63) is 0 Å². The Morgan fingerprint density at radius 1 is 1.45 bits per heavy atom. The third-order valence-corrected chi connectivity index (χ3v) is 3.64.